The zero-order chi connectivity index (χ0) is 19.0. The van der Waals surface area contributed by atoms with E-state index in [1.807, 2.05) is 0 Å². The normalized spacial score (nSPS) is 29.5. The average molecular weight is 378 g/mol. The van der Waals surface area contributed by atoms with Gasteiger partial charge in [-0.3, -0.25) is 4.57 Å². The van der Waals surface area contributed by atoms with E-state index in [4.69, 9.17) is 10.5 Å². The Morgan fingerprint density at radius 1 is 1.19 bits per heavy atom. The minimum Gasteiger partial charge on any atom is -0.394 e. The van der Waals surface area contributed by atoms with Crippen molar-refractivity contribution < 1.29 is 20.1 Å². The molecule has 10 nitrogen and oxygen atoms in total. The van der Waals surface area contributed by atoms with Gasteiger partial charge in [0.25, 0.3) is 0 Å². The number of hydrogen-bond acceptors (Lipinski definition) is 9. The van der Waals surface area contributed by atoms with Gasteiger partial charge in [0.2, 0.25) is 0 Å². The van der Waals surface area contributed by atoms with Crippen molar-refractivity contribution in [1.29, 1.82) is 0 Å². The highest BCUT2D eigenvalue weighted by atomic mass is 16.6. The van der Waals surface area contributed by atoms with E-state index in [1.54, 1.807) is 4.57 Å². The number of nitrogens with two attached hydrogens (primary N) is 1. The lowest BCUT2D eigenvalue weighted by molar-refractivity contribution is -0.0511. The fourth-order valence-electron chi connectivity index (χ4n) is 3.89. The average Bonchev–Trinajstić information content (AvgIpc) is 3.24. The van der Waals surface area contributed by atoms with E-state index in [0.717, 1.165) is 12.8 Å². The maximum absolute atomic E-state index is 10.3. The molecule has 1 saturated heterocycles. The Morgan fingerprint density at radius 3 is 2.63 bits per heavy atom. The molecule has 0 spiro atoms. The number of nitrogens with one attached hydrogen (secondary N) is 1. The second kappa shape index (κ2) is 7.64. The van der Waals surface area contributed by atoms with Crippen molar-refractivity contribution in [1.82, 2.24) is 19.5 Å². The molecule has 3 heterocycles. The van der Waals surface area contributed by atoms with Crippen LogP contribution in [0.2, 0.25) is 0 Å². The summed E-state index contributed by atoms with van der Waals surface area (Å²) in [6, 6.07) is 0.335. The molecule has 10 heteroatoms. The summed E-state index contributed by atoms with van der Waals surface area (Å²) in [6.45, 7) is -0.227. The molecular weight excluding hydrogens is 352 g/mol. The highest BCUT2D eigenvalue weighted by Gasteiger charge is 2.44. The monoisotopic (exact) mass is 378 g/mol. The highest BCUT2D eigenvalue weighted by molar-refractivity contribution is 5.83. The number of hydrogen-bond donors (Lipinski definition) is 5. The molecule has 0 bridgehead atoms. The Labute approximate surface area is 156 Å². The smallest absolute Gasteiger partial charge is 0.168 e. The molecule has 1 aliphatic carbocycles. The predicted octanol–water partition coefficient (Wildman–Crippen LogP) is -0.359. The van der Waals surface area contributed by atoms with Gasteiger partial charge in [-0.25, -0.2) is 15.0 Å². The zero-order valence-electron chi connectivity index (χ0n) is 15.0. The number of aromatic nitrogens is 4. The van der Waals surface area contributed by atoms with Crippen LogP contribution in [0.15, 0.2) is 6.33 Å². The van der Waals surface area contributed by atoms with Crippen molar-refractivity contribution in [2.45, 2.75) is 69.2 Å². The zero-order valence-corrected chi connectivity index (χ0v) is 15.0. The van der Waals surface area contributed by atoms with Gasteiger partial charge in [0.05, 0.1) is 19.5 Å². The van der Waals surface area contributed by atoms with Crippen molar-refractivity contribution in [2.24, 2.45) is 5.73 Å². The molecule has 2 aromatic rings. The standard InChI is InChI=1S/C17H26N6O4/c18-6-11-21-15(20-9-4-2-1-3-5-9)12-16(22-11)23(8-19-12)17-14(26)13(25)10(7-24)27-17/h8-10,13-14,17,24-26H,1-7,18H2,(H,20,21,22)/t10-,13+,14-,17-/m1/s1. The van der Waals surface area contributed by atoms with Gasteiger partial charge in [0, 0.05) is 6.04 Å². The number of imidazole rings is 1. The molecule has 2 fully saturated rings. The second-order valence-electron chi connectivity index (χ2n) is 7.22. The van der Waals surface area contributed by atoms with Crippen LogP contribution in [0.3, 0.4) is 0 Å². The molecule has 4 rings (SSSR count). The minimum atomic E-state index is -1.20. The first-order valence-electron chi connectivity index (χ1n) is 9.45. The van der Waals surface area contributed by atoms with Gasteiger partial charge in [0.1, 0.15) is 24.1 Å². The molecule has 2 aliphatic rings. The summed E-state index contributed by atoms with van der Waals surface area (Å²) in [5, 5.41) is 33.2. The van der Waals surface area contributed by atoms with Crippen LogP contribution >= 0.6 is 0 Å². The number of fused-ring (bicyclic) bond motifs is 1. The molecule has 2 aromatic heterocycles. The summed E-state index contributed by atoms with van der Waals surface area (Å²) in [5.41, 5.74) is 6.81. The van der Waals surface area contributed by atoms with Gasteiger partial charge in [0.15, 0.2) is 23.2 Å². The molecule has 0 aromatic carbocycles. The van der Waals surface area contributed by atoms with Crippen LogP contribution in [0.1, 0.15) is 44.2 Å². The van der Waals surface area contributed by atoms with Crippen molar-refractivity contribution in [3.63, 3.8) is 0 Å². The minimum absolute atomic E-state index is 0.163. The summed E-state index contributed by atoms with van der Waals surface area (Å²) < 4.78 is 7.17. The second-order valence-corrected chi connectivity index (χ2v) is 7.22. The van der Waals surface area contributed by atoms with Gasteiger partial charge in [-0.05, 0) is 12.8 Å². The van der Waals surface area contributed by atoms with Gasteiger partial charge in [-0.1, -0.05) is 19.3 Å². The molecular formula is C17H26N6O4. The number of nitrogens with zero attached hydrogens (tertiary/aromatic N) is 4. The summed E-state index contributed by atoms with van der Waals surface area (Å²) in [4.78, 5) is 13.4. The highest BCUT2D eigenvalue weighted by Crippen LogP contribution is 2.33. The van der Waals surface area contributed by atoms with Crippen LogP contribution in [0.4, 0.5) is 5.82 Å². The van der Waals surface area contributed by atoms with E-state index < -0.39 is 31.1 Å². The number of anilines is 1. The maximum Gasteiger partial charge on any atom is 0.168 e. The van der Waals surface area contributed by atoms with E-state index in [2.05, 4.69) is 20.3 Å². The Hall–Kier alpha value is -1.85. The number of ether oxygens (including phenoxy) is 1. The fourth-order valence-corrected chi connectivity index (χ4v) is 3.89. The van der Waals surface area contributed by atoms with E-state index in [0.29, 0.717) is 28.8 Å². The van der Waals surface area contributed by atoms with Crippen LogP contribution in [-0.4, -0.2) is 65.8 Å². The third-order valence-corrected chi connectivity index (χ3v) is 5.39. The fraction of sp³-hybridized carbons (Fsp3) is 0.706. The summed E-state index contributed by atoms with van der Waals surface area (Å²) >= 11 is 0. The third kappa shape index (κ3) is 3.39. The summed E-state index contributed by atoms with van der Waals surface area (Å²) in [6.07, 6.45) is 3.15. The largest absolute Gasteiger partial charge is 0.394 e. The van der Waals surface area contributed by atoms with Crippen molar-refractivity contribution in [3.05, 3.63) is 12.2 Å². The van der Waals surface area contributed by atoms with Gasteiger partial charge in [-0.2, -0.15) is 0 Å². The summed E-state index contributed by atoms with van der Waals surface area (Å²) in [7, 11) is 0. The molecule has 4 atom stereocenters. The van der Waals surface area contributed by atoms with E-state index in [9.17, 15) is 15.3 Å². The van der Waals surface area contributed by atoms with Gasteiger partial charge in [-0.15, -0.1) is 0 Å². The lowest BCUT2D eigenvalue weighted by Gasteiger charge is -2.23. The van der Waals surface area contributed by atoms with E-state index in [1.165, 1.54) is 25.6 Å². The first-order chi connectivity index (χ1) is 13.1. The van der Waals surface area contributed by atoms with Crippen molar-refractivity contribution in [2.75, 3.05) is 11.9 Å². The van der Waals surface area contributed by atoms with Gasteiger partial charge >= 0.3 is 0 Å². The van der Waals surface area contributed by atoms with Crippen LogP contribution in [-0.2, 0) is 11.3 Å². The lowest BCUT2D eigenvalue weighted by atomic mass is 9.95. The molecule has 1 saturated carbocycles. The first-order valence-corrected chi connectivity index (χ1v) is 9.45. The third-order valence-electron chi connectivity index (χ3n) is 5.39. The van der Waals surface area contributed by atoms with Crippen molar-refractivity contribution >= 4 is 17.0 Å². The molecule has 0 radical (unpaired) electrons. The lowest BCUT2D eigenvalue weighted by Crippen LogP contribution is -2.33. The number of rotatable bonds is 5. The maximum atomic E-state index is 10.3. The molecule has 148 valence electrons. The molecule has 27 heavy (non-hydrogen) atoms. The van der Waals surface area contributed by atoms with E-state index >= 15 is 0 Å². The van der Waals surface area contributed by atoms with Crippen molar-refractivity contribution in [3.8, 4) is 0 Å². The predicted molar refractivity (Wildman–Crippen MR) is 96.7 cm³/mol. The van der Waals surface area contributed by atoms with Crippen LogP contribution in [0.5, 0.6) is 0 Å². The topological polar surface area (TPSA) is 152 Å². The SMILES string of the molecule is NCc1nc(NC2CCCCC2)c2ncn([C@@H]3O[C@H](CO)[C@H](O)[C@H]3O)c2n1. The molecule has 0 amide bonds. The van der Waals surface area contributed by atoms with Gasteiger partial charge < -0.3 is 31.1 Å². The Morgan fingerprint density at radius 2 is 1.96 bits per heavy atom. The Bertz CT molecular complexity index is 793. The molecule has 1 aliphatic heterocycles. The number of aliphatic hydroxyl groups excluding tert-OH is 3. The van der Waals surface area contributed by atoms with E-state index in [-0.39, 0.29) is 6.54 Å². The Kier molecular flexibility index (Phi) is 5.24. The number of aliphatic hydroxyl groups is 3. The molecule has 6 N–H and O–H groups in total. The molecule has 0 unspecified atom stereocenters. The first kappa shape index (κ1) is 18.5. The van der Waals surface area contributed by atoms with Crippen LogP contribution < -0.4 is 11.1 Å². The Balaban J connectivity index is 1.70. The quantitative estimate of drug-likeness (QED) is 0.470. The summed E-state index contributed by atoms with van der Waals surface area (Å²) in [5.74, 6) is 1.08. The van der Waals surface area contributed by atoms with Crippen LogP contribution in [0.25, 0.3) is 11.2 Å². The van der Waals surface area contributed by atoms with Crippen LogP contribution in [0, 0.1) is 0 Å².